The van der Waals surface area contributed by atoms with Crippen molar-refractivity contribution in [2.75, 3.05) is 31.1 Å². The van der Waals surface area contributed by atoms with Gasteiger partial charge in [-0.3, -0.25) is 10.0 Å². The maximum Gasteiger partial charge on any atom is 0.321 e. The molecule has 8 nitrogen and oxygen atoms in total. The van der Waals surface area contributed by atoms with Gasteiger partial charge in [-0.2, -0.15) is 0 Å². The van der Waals surface area contributed by atoms with Crippen LogP contribution in [0.15, 0.2) is 54.6 Å². The minimum absolute atomic E-state index is 0.0900. The van der Waals surface area contributed by atoms with E-state index in [4.69, 9.17) is 5.21 Å². The monoisotopic (exact) mass is 410 g/mol. The van der Waals surface area contributed by atoms with Gasteiger partial charge in [0.05, 0.1) is 12.1 Å². The number of anilines is 1. The molecule has 2 aromatic rings. The first-order valence-corrected chi connectivity index (χ1v) is 10.1. The highest BCUT2D eigenvalue weighted by Gasteiger charge is 2.46. The van der Waals surface area contributed by atoms with Gasteiger partial charge in [-0.1, -0.05) is 42.5 Å². The summed E-state index contributed by atoms with van der Waals surface area (Å²) in [7, 11) is 0. The number of amides is 3. The molecular formula is C22H26N4O4. The summed E-state index contributed by atoms with van der Waals surface area (Å²) in [4.78, 5) is 30.1. The molecule has 8 heteroatoms. The SMILES string of the molecule is C[C@@H](O)[C@@H](C(=O)NO)N1CC2CN(c3ccc(-c4ccccc4)cc3)CCN2C1=O. The number of nitrogens with zero attached hydrogens (tertiary/aromatic N) is 3. The number of aliphatic hydroxyl groups excluding tert-OH is 1. The maximum absolute atomic E-state index is 12.8. The number of aliphatic hydroxyl groups is 1. The number of piperazine rings is 1. The molecule has 3 atom stereocenters. The molecule has 2 aliphatic heterocycles. The highest BCUT2D eigenvalue weighted by molar-refractivity contribution is 5.88. The molecule has 0 radical (unpaired) electrons. The van der Waals surface area contributed by atoms with Gasteiger partial charge < -0.3 is 19.8 Å². The molecule has 158 valence electrons. The fourth-order valence-electron chi connectivity index (χ4n) is 4.38. The van der Waals surface area contributed by atoms with Gasteiger partial charge >= 0.3 is 6.03 Å². The van der Waals surface area contributed by atoms with Gasteiger partial charge in [0.1, 0.15) is 6.04 Å². The largest absolute Gasteiger partial charge is 0.391 e. The number of hydroxylamine groups is 1. The lowest BCUT2D eigenvalue weighted by Crippen LogP contribution is -2.54. The Morgan fingerprint density at radius 3 is 2.33 bits per heavy atom. The first-order valence-electron chi connectivity index (χ1n) is 10.1. The zero-order valence-corrected chi connectivity index (χ0v) is 16.8. The zero-order chi connectivity index (χ0) is 21.3. The molecule has 2 saturated heterocycles. The second-order valence-electron chi connectivity index (χ2n) is 7.80. The van der Waals surface area contributed by atoms with Crippen molar-refractivity contribution < 1.29 is 19.9 Å². The Bertz CT molecular complexity index is 903. The van der Waals surface area contributed by atoms with Crippen molar-refractivity contribution >= 4 is 17.6 Å². The fraction of sp³-hybridized carbons (Fsp3) is 0.364. The molecule has 0 bridgehead atoms. The number of rotatable bonds is 5. The number of nitrogens with one attached hydrogen (secondary N) is 1. The van der Waals surface area contributed by atoms with E-state index in [9.17, 15) is 14.7 Å². The summed E-state index contributed by atoms with van der Waals surface area (Å²) in [5.41, 5.74) is 4.95. The van der Waals surface area contributed by atoms with Crippen molar-refractivity contribution in [3.63, 3.8) is 0 Å². The minimum atomic E-state index is -1.12. The predicted molar refractivity (Wildman–Crippen MR) is 112 cm³/mol. The molecule has 2 aromatic carbocycles. The van der Waals surface area contributed by atoms with E-state index in [1.54, 1.807) is 10.4 Å². The van der Waals surface area contributed by atoms with Gasteiger partial charge in [-0.25, -0.2) is 10.3 Å². The van der Waals surface area contributed by atoms with E-state index in [0.29, 0.717) is 26.2 Å². The Labute approximate surface area is 175 Å². The first-order chi connectivity index (χ1) is 14.5. The molecule has 4 rings (SSSR count). The summed E-state index contributed by atoms with van der Waals surface area (Å²) in [6.07, 6.45) is -1.09. The van der Waals surface area contributed by atoms with Crippen LogP contribution >= 0.6 is 0 Å². The van der Waals surface area contributed by atoms with Crippen LogP contribution in [-0.2, 0) is 4.79 Å². The van der Waals surface area contributed by atoms with Crippen LogP contribution in [-0.4, -0.2) is 76.4 Å². The maximum atomic E-state index is 12.8. The Kier molecular flexibility index (Phi) is 5.61. The van der Waals surface area contributed by atoms with Gasteiger partial charge in [-0.15, -0.1) is 0 Å². The lowest BCUT2D eigenvalue weighted by Gasteiger charge is -2.37. The smallest absolute Gasteiger partial charge is 0.321 e. The van der Waals surface area contributed by atoms with E-state index in [1.165, 1.54) is 11.8 Å². The van der Waals surface area contributed by atoms with Crippen LogP contribution < -0.4 is 10.4 Å². The van der Waals surface area contributed by atoms with Gasteiger partial charge in [0.2, 0.25) is 0 Å². The number of urea groups is 1. The van der Waals surface area contributed by atoms with Crippen molar-refractivity contribution in [2.45, 2.75) is 25.1 Å². The molecule has 1 unspecified atom stereocenters. The second kappa shape index (κ2) is 8.33. The Balaban J connectivity index is 1.47. The topological polar surface area (TPSA) is 96.3 Å². The third-order valence-electron chi connectivity index (χ3n) is 5.89. The molecule has 2 fully saturated rings. The van der Waals surface area contributed by atoms with Gasteiger partial charge in [0.15, 0.2) is 0 Å². The molecule has 0 spiro atoms. The van der Waals surface area contributed by atoms with Crippen LogP contribution in [0.5, 0.6) is 0 Å². The summed E-state index contributed by atoms with van der Waals surface area (Å²) in [5.74, 6) is -0.786. The Hall–Kier alpha value is -3.10. The molecule has 0 saturated carbocycles. The van der Waals surface area contributed by atoms with Gasteiger partial charge in [-0.05, 0) is 30.2 Å². The third-order valence-corrected chi connectivity index (χ3v) is 5.89. The van der Waals surface area contributed by atoms with Gasteiger partial charge in [0, 0.05) is 31.9 Å². The molecule has 2 aliphatic rings. The average molecular weight is 410 g/mol. The number of benzene rings is 2. The first kappa shape index (κ1) is 20.2. The van der Waals surface area contributed by atoms with E-state index < -0.39 is 18.1 Å². The number of carbonyl (C=O) groups is 2. The lowest BCUT2D eigenvalue weighted by molar-refractivity contribution is -0.137. The fourth-order valence-corrected chi connectivity index (χ4v) is 4.38. The molecule has 2 heterocycles. The molecule has 3 amide bonds. The van der Waals surface area contributed by atoms with Crippen molar-refractivity contribution in [3.8, 4) is 11.1 Å². The second-order valence-corrected chi connectivity index (χ2v) is 7.80. The van der Waals surface area contributed by atoms with Crippen LogP contribution in [0.3, 0.4) is 0 Å². The van der Waals surface area contributed by atoms with E-state index >= 15 is 0 Å². The molecule has 0 aliphatic carbocycles. The standard InChI is InChI=1S/C22H26N4O4/c1-15(27)20(21(28)23-30)26-14-19-13-24(11-12-25(19)22(26)29)18-9-7-17(8-10-18)16-5-3-2-4-6-16/h2-10,15,19-20,27,30H,11-14H2,1H3,(H,23,28)/t15-,19?,20+/m1/s1. The number of hydrogen-bond acceptors (Lipinski definition) is 5. The van der Waals surface area contributed by atoms with Gasteiger partial charge in [0.25, 0.3) is 5.91 Å². The Morgan fingerprint density at radius 2 is 1.70 bits per heavy atom. The highest BCUT2D eigenvalue weighted by atomic mass is 16.5. The van der Waals surface area contributed by atoms with Crippen LogP contribution in [0.1, 0.15) is 6.92 Å². The molecule has 30 heavy (non-hydrogen) atoms. The molecule has 3 N–H and O–H groups in total. The highest BCUT2D eigenvalue weighted by Crippen LogP contribution is 2.28. The third kappa shape index (κ3) is 3.71. The summed E-state index contributed by atoms with van der Waals surface area (Å²) < 4.78 is 0. The van der Waals surface area contributed by atoms with Crippen LogP contribution in [0, 0.1) is 0 Å². The van der Waals surface area contributed by atoms with E-state index in [0.717, 1.165) is 16.8 Å². The number of carbonyl (C=O) groups excluding carboxylic acids is 2. The van der Waals surface area contributed by atoms with Crippen molar-refractivity contribution in [1.82, 2.24) is 15.3 Å². The normalized spacial score (nSPS) is 20.7. The summed E-state index contributed by atoms with van der Waals surface area (Å²) in [6.45, 7) is 3.62. The zero-order valence-electron chi connectivity index (χ0n) is 16.8. The number of hydrogen-bond donors (Lipinski definition) is 3. The summed E-state index contributed by atoms with van der Waals surface area (Å²) in [5, 5.41) is 19.0. The Morgan fingerprint density at radius 1 is 1.03 bits per heavy atom. The molecular weight excluding hydrogens is 384 g/mol. The summed E-state index contributed by atoms with van der Waals surface area (Å²) in [6, 6.07) is 17.1. The van der Waals surface area contributed by atoms with E-state index in [-0.39, 0.29) is 12.1 Å². The van der Waals surface area contributed by atoms with Crippen molar-refractivity contribution in [3.05, 3.63) is 54.6 Å². The summed E-state index contributed by atoms with van der Waals surface area (Å²) >= 11 is 0. The van der Waals surface area contributed by atoms with E-state index in [1.807, 2.05) is 18.2 Å². The quantitative estimate of drug-likeness (QED) is 0.513. The minimum Gasteiger partial charge on any atom is -0.391 e. The van der Waals surface area contributed by atoms with Crippen molar-refractivity contribution in [2.24, 2.45) is 0 Å². The van der Waals surface area contributed by atoms with Crippen LogP contribution in [0.25, 0.3) is 11.1 Å². The average Bonchev–Trinajstić information content (AvgIpc) is 3.09. The number of fused-ring (bicyclic) bond motifs is 1. The predicted octanol–water partition coefficient (Wildman–Crippen LogP) is 1.53. The lowest BCUT2D eigenvalue weighted by atomic mass is 10.0. The van der Waals surface area contributed by atoms with E-state index in [2.05, 4.69) is 41.3 Å². The van der Waals surface area contributed by atoms with Crippen LogP contribution in [0.2, 0.25) is 0 Å². The van der Waals surface area contributed by atoms with Crippen molar-refractivity contribution in [1.29, 1.82) is 0 Å². The van der Waals surface area contributed by atoms with Crippen LogP contribution in [0.4, 0.5) is 10.5 Å². The molecule has 0 aromatic heterocycles.